The number of rotatable bonds is 3. The summed E-state index contributed by atoms with van der Waals surface area (Å²) in [5.74, 6) is -1.08. The summed E-state index contributed by atoms with van der Waals surface area (Å²) in [7, 11) is 3.27. The summed E-state index contributed by atoms with van der Waals surface area (Å²) < 4.78 is 4.99. The van der Waals surface area contributed by atoms with Gasteiger partial charge in [-0.25, -0.2) is 14.6 Å². The first-order chi connectivity index (χ1) is 6.96. The Kier molecular flexibility index (Phi) is 3.48. The second-order valence-corrected chi connectivity index (χ2v) is 3.65. The Hall–Kier alpha value is -1.34. The van der Waals surface area contributed by atoms with Gasteiger partial charge in [-0.1, -0.05) is 0 Å². The van der Waals surface area contributed by atoms with E-state index in [-0.39, 0.29) is 13.0 Å². The van der Waals surface area contributed by atoms with Crippen LogP contribution in [0, 0.1) is 0 Å². The predicted molar refractivity (Wildman–Crippen MR) is 51.2 cm³/mol. The molecule has 1 aliphatic heterocycles. The Labute approximate surface area is 87.3 Å². The van der Waals surface area contributed by atoms with Gasteiger partial charge in [0.15, 0.2) is 5.54 Å². The SMILES string of the molecule is CN(C)NC(=O)NC1(C(=O)O)CCOC1. The molecule has 1 heterocycles. The number of carbonyl (C=O) groups is 2. The highest BCUT2D eigenvalue weighted by atomic mass is 16.5. The van der Waals surface area contributed by atoms with Gasteiger partial charge in [0.05, 0.1) is 6.61 Å². The van der Waals surface area contributed by atoms with Crippen molar-refractivity contribution in [2.24, 2.45) is 0 Å². The van der Waals surface area contributed by atoms with Crippen molar-refractivity contribution in [2.45, 2.75) is 12.0 Å². The lowest BCUT2D eigenvalue weighted by Gasteiger charge is -2.24. The van der Waals surface area contributed by atoms with Gasteiger partial charge in [0.25, 0.3) is 0 Å². The number of nitrogens with zero attached hydrogens (tertiary/aromatic N) is 1. The molecule has 1 unspecified atom stereocenters. The third kappa shape index (κ3) is 2.80. The van der Waals surface area contributed by atoms with E-state index >= 15 is 0 Å². The Morgan fingerprint density at radius 2 is 2.13 bits per heavy atom. The Balaban J connectivity index is 2.59. The first-order valence-corrected chi connectivity index (χ1v) is 4.53. The van der Waals surface area contributed by atoms with Crippen molar-refractivity contribution < 1.29 is 19.4 Å². The zero-order valence-corrected chi connectivity index (χ0v) is 8.74. The average Bonchev–Trinajstić information content (AvgIpc) is 2.52. The quantitative estimate of drug-likeness (QED) is 0.528. The number of aliphatic carboxylic acids is 1. The summed E-state index contributed by atoms with van der Waals surface area (Å²) in [4.78, 5) is 22.3. The molecule has 0 radical (unpaired) electrons. The fourth-order valence-corrected chi connectivity index (χ4v) is 1.33. The molecule has 0 aliphatic carbocycles. The number of hydrazine groups is 1. The third-order valence-electron chi connectivity index (χ3n) is 2.11. The van der Waals surface area contributed by atoms with Crippen LogP contribution in [0.4, 0.5) is 4.79 Å². The number of carboxylic acid groups (broad SMARTS) is 1. The lowest BCUT2D eigenvalue weighted by molar-refractivity contribution is -0.144. The van der Waals surface area contributed by atoms with E-state index in [4.69, 9.17) is 9.84 Å². The topological polar surface area (TPSA) is 90.9 Å². The lowest BCUT2D eigenvalue weighted by atomic mass is 9.99. The second kappa shape index (κ2) is 4.45. The summed E-state index contributed by atoms with van der Waals surface area (Å²) >= 11 is 0. The molecule has 1 fully saturated rings. The molecule has 0 saturated carbocycles. The van der Waals surface area contributed by atoms with Gasteiger partial charge in [-0.05, 0) is 0 Å². The predicted octanol–water partition coefficient (Wildman–Crippen LogP) is -0.994. The van der Waals surface area contributed by atoms with Crippen molar-refractivity contribution in [1.82, 2.24) is 15.8 Å². The largest absolute Gasteiger partial charge is 0.479 e. The van der Waals surface area contributed by atoms with Gasteiger partial charge in [-0.2, -0.15) is 0 Å². The van der Waals surface area contributed by atoms with E-state index in [9.17, 15) is 9.59 Å². The molecule has 1 aliphatic rings. The van der Waals surface area contributed by atoms with Crippen LogP contribution in [0.5, 0.6) is 0 Å². The number of nitrogens with one attached hydrogen (secondary N) is 2. The number of amides is 2. The minimum atomic E-state index is -1.29. The maximum Gasteiger partial charge on any atom is 0.332 e. The van der Waals surface area contributed by atoms with Gasteiger partial charge in [-0.15, -0.1) is 0 Å². The van der Waals surface area contributed by atoms with Crippen molar-refractivity contribution in [2.75, 3.05) is 27.3 Å². The molecule has 1 saturated heterocycles. The normalized spacial score (nSPS) is 25.3. The highest BCUT2D eigenvalue weighted by molar-refractivity contribution is 5.86. The summed E-state index contributed by atoms with van der Waals surface area (Å²) in [5, 5.41) is 12.8. The van der Waals surface area contributed by atoms with E-state index in [1.165, 1.54) is 5.01 Å². The van der Waals surface area contributed by atoms with E-state index in [2.05, 4.69) is 10.7 Å². The molecule has 0 aromatic rings. The van der Waals surface area contributed by atoms with Gasteiger partial charge in [0, 0.05) is 27.1 Å². The Morgan fingerprint density at radius 1 is 1.47 bits per heavy atom. The molecular weight excluding hydrogens is 202 g/mol. The summed E-state index contributed by atoms with van der Waals surface area (Å²) in [5.41, 5.74) is 1.12. The van der Waals surface area contributed by atoms with Gasteiger partial charge in [-0.3, -0.25) is 5.43 Å². The molecule has 7 heteroatoms. The summed E-state index contributed by atoms with van der Waals surface area (Å²) in [6.07, 6.45) is 0.281. The van der Waals surface area contributed by atoms with E-state index in [1.54, 1.807) is 14.1 Å². The van der Waals surface area contributed by atoms with Crippen molar-refractivity contribution in [3.63, 3.8) is 0 Å². The number of carbonyl (C=O) groups excluding carboxylic acids is 1. The molecular formula is C8H15N3O4. The minimum absolute atomic E-state index is 0.00316. The zero-order valence-electron chi connectivity index (χ0n) is 8.74. The number of carboxylic acids is 1. The monoisotopic (exact) mass is 217 g/mol. The summed E-state index contributed by atoms with van der Waals surface area (Å²) in [6, 6.07) is -0.548. The van der Waals surface area contributed by atoms with Crippen LogP contribution in [0.1, 0.15) is 6.42 Å². The van der Waals surface area contributed by atoms with Crippen molar-refractivity contribution in [3.05, 3.63) is 0 Å². The molecule has 86 valence electrons. The van der Waals surface area contributed by atoms with Crippen molar-refractivity contribution >= 4 is 12.0 Å². The smallest absolute Gasteiger partial charge is 0.332 e. The first-order valence-electron chi connectivity index (χ1n) is 4.53. The standard InChI is InChI=1S/C8H15N3O4/c1-11(2)10-7(14)9-8(6(12)13)3-4-15-5-8/h3-5H2,1-2H3,(H,12,13)(H2,9,10,14). The minimum Gasteiger partial charge on any atom is -0.479 e. The molecule has 1 atom stereocenters. The maximum atomic E-state index is 11.3. The van der Waals surface area contributed by atoms with Gasteiger partial charge < -0.3 is 15.2 Å². The van der Waals surface area contributed by atoms with Crippen LogP contribution in [-0.4, -0.2) is 55.0 Å². The fourth-order valence-electron chi connectivity index (χ4n) is 1.33. The molecule has 15 heavy (non-hydrogen) atoms. The van der Waals surface area contributed by atoms with Crippen LogP contribution in [0.3, 0.4) is 0 Å². The van der Waals surface area contributed by atoms with Crippen molar-refractivity contribution in [1.29, 1.82) is 0 Å². The molecule has 0 spiro atoms. The van der Waals surface area contributed by atoms with Gasteiger partial charge >= 0.3 is 12.0 Å². The lowest BCUT2D eigenvalue weighted by Crippen LogP contribution is -2.59. The van der Waals surface area contributed by atoms with E-state index < -0.39 is 17.5 Å². The maximum absolute atomic E-state index is 11.3. The van der Waals surface area contributed by atoms with Crippen LogP contribution in [0.25, 0.3) is 0 Å². The molecule has 3 N–H and O–H groups in total. The highest BCUT2D eigenvalue weighted by Gasteiger charge is 2.44. The average molecular weight is 217 g/mol. The molecule has 0 aromatic carbocycles. The summed E-state index contributed by atoms with van der Waals surface area (Å²) in [6.45, 7) is 0.345. The highest BCUT2D eigenvalue weighted by Crippen LogP contribution is 2.18. The van der Waals surface area contributed by atoms with Crippen molar-refractivity contribution in [3.8, 4) is 0 Å². The van der Waals surface area contributed by atoms with E-state index in [0.29, 0.717) is 6.61 Å². The third-order valence-corrected chi connectivity index (χ3v) is 2.11. The van der Waals surface area contributed by atoms with E-state index in [1.807, 2.05) is 0 Å². The molecule has 2 amide bonds. The van der Waals surface area contributed by atoms with Gasteiger partial charge in [0.1, 0.15) is 0 Å². The first kappa shape index (κ1) is 11.7. The second-order valence-electron chi connectivity index (χ2n) is 3.65. The van der Waals surface area contributed by atoms with E-state index in [0.717, 1.165) is 0 Å². The number of hydrogen-bond donors (Lipinski definition) is 3. The zero-order chi connectivity index (χ0) is 11.5. The van der Waals surface area contributed by atoms with Crippen LogP contribution in [0.2, 0.25) is 0 Å². The number of urea groups is 1. The fraction of sp³-hybridized carbons (Fsp3) is 0.750. The van der Waals surface area contributed by atoms with Gasteiger partial charge in [0.2, 0.25) is 0 Å². The number of hydrogen-bond acceptors (Lipinski definition) is 4. The molecule has 0 bridgehead atoms. The Morgan fingerprint density at radius 3 is 2.53 bits per heavy atom. The van der Waals surface area contributed by atoms with Crippen LogP contribution >= 0.6 is 0 Å². The molecule has 1 rings (SSSR count). The number of ether oxygens (including phenoxy) is 1. The van der Waals surface area contributed by atoms with Crippen LogP contribution in [0.15, 0.2) is 0 Å². The molecule has 7 nitrogen and oxygen atoms in total. The Bertz CT molecular complexity index is 261. The molecule has 0 aromatic heterocycles. The van der Waals surface area contributed by atoms with Crippen LogP contribution < -0.4 is 10.7 Å². The van der Waals surface area contributed by atoms with Crippen LogP contribution in [-0.2, 0) is 9.53 Å².